The van der Waals surface area contributed by atoms with Gasteiger partial charge in [0.1, 0.15) is 12.8 Å². The molecule has 1 aliphatic rings. The first-order valence-corrected chi connectivity index (χ1v) is 11.8. The fourth-order valence-corrected chi connectivity index (χ4v) is 7.40. The van der Waals surface area contributed by atoms with Crippen molar-refractivity contribution in [3.05, 3.63) is 0 Å². The third-order valence-corrected chi connectivity index (χ3v) is 10.0. The van der Waals surface area contributed by atoms with Gasteiger partial charge in [0.05, 0.1) is 17.4 Å². The number of nitrogens with zero attached hydrogens (tertiary/aromatic N) is 1. The minimum Gasteiger partial charge on any atom is -0.465 e. The Hall–Kier alpha value is -0.730. The maximum Gasteiger partial charge on any atom is 0.325 e. The third-order valence-electron chi connectivity index (χ3n) is 5.53. The van der Waals surface area contributed by atoms with Crippen LogP contribution in [0.3, 0.4) is 0 Å². The molecule has 0 radical (unpaired) electrons. The van der Waals surface area contributed by atoms with E-state index >= 15 is 0 Å². The minimum atomic E-state index is -0.568. The smallest absolute Gasteiger partial charge is 0.325 e. The molecular formula is C19H33NO5S2. The predicted octanol–water partition coefficient (Wildman–Crippen LogP) is 3.47. The Balaban J connectivity index is 3.10. The first-order chi connectivity index (χ1) is 12.8. The summed E-state index contributed by atoms with van der Waals surface area (Å²) in [6.45, 7) is 10.2. The van der Waals surface area contributed by atoms with Crippen LogP contribution in [-0.2, 0) is 23.9 Å². The zero-order chi connectivity index (χ0) is 20.7. The normalized spacial score (nSPS) is 20.4. The molecule has 0 N–H and O–H groups in total. The molecule has 27 heavy (non-hydrogen) atoms. The molecule has 156 valence electrons. The number of aldehydes is 1. The van der Waals surface area contributed by atoms with Crippen molar-refractivity contribution in [1.82, 2.24) is 4.90 Å². The summed E-state index contributed by atoms with van der Waals surface area (Å²) >= 11 is 0. The largest absolute Gasteiger partial charge is 0.465 e. The van der Waals surface area contributed by atoms with Gasteiger partial charge in [-0.15, -0.1) is 0 Å². The number of likely N-dealkylation sites (tertiary alicyclic amines) is 1. The maximum absolute atomic E-state index is 12.5. The number of hydrogen-bond acceptors (Lipinski definition) is 7. The van der Waals surface area contributed by atoms with E-state index in [0.29, 0.717) is 0 Å². The lowest BCUT2D eigenvalue weighted by Gasteiger charge is -2.54. The third kappa shape index (κ3) is 5.01. The molecule has 8 heteroatoms. The Bertz CT molecular complexity index is 520. The molecule has 2 atom stereocenters. The van der Waals surface area contributed by atoms with Crippen LogP contribution in [0.4, 0.5) is 0 Å². The van der Waals surface area contributed by atoms with Crippen molar-refractivity contribution in [3.63, 3.8) is 0 Å². The van der Waals surface area contributed by atoms with Crippen LogP contribution in [0, 0.1) is 0 Å². The lowest BCUT2D eigenvalue weighted by molar-refractivity contribution is -0.179. The summed E-state index contributed by atoms with van der Waals surface area (Å²) in [5, 5.41) is 0. The van der Waals surface area contributed by atoms with Crippen molar-refractivity contribution in [3.8, 4) is 0 Å². The Kier molecular flexibility index (Phi) is 9.65. The van der Waals surface area contributed by atoms with Gasteiger partial charge >= 0.3 is 5.97 Å². The van der Waals surface area contributed by atoms with E-state index in [9.17, 15) is 14.4 Å². The number of ether oxygens (including phenoxy) is 2. The first-order valence-electron chi connectivity index (χ1n) is 9.66. The van der Waals surface area contributed by atoms with Crippen molar-refractivity contribution in [1.29, 1.82) is 0 Å². The summed E-state index contributed by atoms with van der Waals surface area (Å²) < 4.78 is 9.74. The van der Waals surface area contributed by atoms with Crippen molar-refractivity contribution < 1.29 is 23.9 Å². The van der Waals surface area contributed by atoms with Gasteiger partial charge in [0.25, 0.3) is 5.91 Å². The van der Waals surface area contributed by atoms with E-state index in [0.717, 1.165) is 32.0 Å². The highest BCUT2D eigenvalue weighted by molar-refractivity contribution is 8.77. The lowest BCUT2D eigenvalue weighted by atomic mass is 9.81. The molecule has 0 aromatic heterocycles. The number of rotatable bonds is 13. The van der Waals surface area contributed by atoms with Crippen LogP contribution >= 0.6 is 21.6 Å². The Morgan fingerprint density at radius 2 is 1.70 bits per heavy atom. The highest BCUT2D eigenvalue weighted by atomic mass is 33.1. The summed E-state index contributed by atoms with van der Waals surface area (Å²) in [4.78, 5) is 37.8. The Labute approximate surface area is 170 Å². The van der Waals surface area contributed by atoms with Crippen molar-refractivity contribution in [2.24, 2.45) is 0 Å². The molecule has 1 rings (SSSR count). The van der Waals surface area contributed by atoms with Crippen LogP contribution in [-0.4, -0.2) is 65.0 Å². The molecule has 0 saturated carbocycles. The summed E-state index contributed by atoms with van der Waals surface area (Å²) in [5.41, 5.74) is 0. The number of esters is 1. The second-order valence-electron chi connectivity index (χ2n) is 6.70. The Morgan fingerprint density at radius 3 is 2.11 bits per heavy atom. The summed E-state index contributed by atoms with van der Waals surface area (Å²) in [6.07, 6.45) is 3.55. The van der Waals surface area contributed by atoms with E-state index in [1.165, 1.54) is 7.11 Å². The van der Waals surface area contributed by atoms with Crippen LogP contribution in [0.1, 0.15) is 60.3 Å². The van der Waals surface area contributed by atoms with E-state index in [1.54, 1.807) is 33.4 Å². The van der Waals surface area contributed by atoms with Crippen LogP contribution < -0.4 is 0 Å². The van der Waals surface area contributed by atoms with Crippen LogP contribution in [0.15, 0.2) is 0 Å². The SMILES string of the molecule is CCOC(=O)CN1C(=O)C(OC)C1C(CC)(CC)SSC(C=O)(CC)CC. The average Bonchev–Trinajstić information content (AvgIpc) is 2.69. The van der Waals surface area contributed by atoms with Gasteiger partial charge < -0.3 is 19.2 Å². The standard InChI is InChI=1S/C19H33NO5S2/c1-7-18(8-2,13-21)26-27-19(9-3,10-4)16-15(24-6)17(23)20(16)12-14(22)25-11-5/h13,15-16H,7-12H2,1-6H3. The molecule has 1 fully saturated rings. The quantitative estimate of drug-likeness (QED) is 0.196. The number of methoxy groups -OCH3 is 1. The van der Waals surface area contributed by atoms with E-state index in [2.05, 4.69) is 13.8 Å². The van der Waals surface area contributed by atoms with Crippen LogP contribution in [0.25, 0.3) is 0 Å². The summed E-state index contributed by atoms with van der Waals surface area (Å²) in [6, 6.07) is -0.232. The van der Waals surface area contributed by atoms with Crippen LogP contribution in [0.2, 0.25) is 0 Å². The van der Waals surface area contributed by atoms with Crippen LogP contribution in [0.5, 0.6) is 0 Å². The number of carbonyl (C=O) groups excluding carboxylic acids is 3. The fourth-order valence-electron chi connectivity index (χ4n) is 3.38. The number of carbonyl (C=O) groups is 3. The predicted molar refractivity (Wildman–Crippen MR) is 111 cm³/mol. The topological polar surface area (TPSA) is 72.9 Å². The Morgan fingerprint density at radius 1 is 1.11 bits per heavy atom. The van der Waals surface area contributed by atoms with Gasteiger partial charge in [-0.2, -0.15) is 0 Å². The summed E-state index contributed by atoms with van der Waals surface area (Å²) in [7, 11) is 4.77. The molecule has 0 aromatic carbocycles. The molecule has 0 spiro atoms. The highest BCUT2D eigenvalue weighted by Gasteiger charge is 2.58. The molecule has 0 aliphatic carbocycles. The second-order valence-corrected chi connectivity index (χ2v) is 9.66. The minimum absolute atomic E-state index is 0.0649. The number of hydrogen-bond donors (Lipinski definition) is 0. The van der Waals surface area contributed by atoms with Crippen molar-refractivity contribution in [2.45, 2.75) is 81.9 Å². The second kappa shape index (κ2) is 10.7. The molecule has 1 amide bonds. The van der Waals surface area contributed by atoms with Gasteiger partial charge in [-0.05, 0) is 32.6 Å². The monoisotopic (exact) mass is 419 g/mol. The zero-order valence-electron chi connectivity index (χ0n) is 17.3. The van der Waals surface area contributed by atoms with Gasteiger partial charge in [-0.25, -0.2) is 0 Å². The molecule has 1 saturated heterocycles. The van der Waals surface area contributed by atoms with Gasteiger partial charge in [-0.3, -0.25) is 9.59 Å². The van der Waals surface area contributed by atoms with Gasteiger partial charge in [0.15, 0.2) is 6.10 Å². The first kappa shape index (κ1) is 24.3. The molecule has 6 nitrogen and oxygen atoms in total. The van der Waals surface area contributed by atoms with Gasteiger partial charge in [0, 0.05) is 11.9 Å². The molecule has 2 unspecified atom stereocenters. The van der Waals surface area contributed by atoms with Crippen molar-refractivity contribution in [2.75, 3.05) is 20.3 Å². The lowest BCUT2D eigenvalue weighted by Crippen LogP contribution is -2.73. The van der Waals surface area contributed by atoms with E-state index in [-0.39, 0.29) is 29.8 Å². The fraction of sp³-hybridized carbons (Fsp3) is 0.842. The van der Waals surface area contributed by atoms with Gasteiger partial charge in [0.2, 0.25) is 0 Å². The molecule has 1 heterocycles. The molecular weight excluding hydrogens is 386 g/mol. The van der Waals surface area contributed by atoms with E-state index in [1.807, 2.05) is 13.8 Å². The molecule has 1 aliphatic heterocycles. The molecule has 0 bridgehead atoms. The number of β-lactam (4-membered cyclic amide) rings is 1. The van der Waals surface area contributed by atoms with E-state index < -0.39 is 16.8 Å². The highest BCUT2D eigenvalue weighted by Crippen LogP contribution is 2.53. The number of amides is 1. The zero-order valence-corrected chi connectivity index (χ0v) is 18.9. The molecule has 0 aromatic rings. The maximum atomic E-state index is 12.5. The van der Waals surface area contributed by atoms with Crippen molar-refractivity contribution >= 4 is 39.8 Å². The average molecular weight is 420 g/mol. The van der Waals surface area contributed by atoms with E-state index in [4.69, 9.17) is 9.47 Å². The summed E-state index contributed by atoms with van der Waals surface area (Å²) in [5.74, 6) is -0.589. The van der Waals surface area contributed by atoms with Gasteiger partial charge in [-0.1, -0.05) is 49.3 Å².